The fraction of sp³-hybridized carbons (Fsp3) is 0.269. The number of carbonyl (C=O) groups is 2. The van der Waals surface area contributed by atoms with Crippen molar-refractivity contribution in [1.82, 2.24) is 9.55 Å². The molecule has 5 nitrogen and oxygen atoms in total. The first-order valence-corrected chi connectivity index (χ1v) is 11.4. The molecule has 32 heavy (non-hydrogen) atoms. The van der Waals surface area contributed by atoms with Gasteiger partial charge in [-0.2, -0.15) is 0 Å². The molecule has 0 aliphatic heterocycles. The smallest absolute Gasteiger partial charge is 0.306 e. The molecule has 0 atom stereocenters. The monoisotopic (exact) mass is 446 g/mol. The first-order chi connectivity index (χ1) is 15.3. The summed E-state index contributed by atoms with van der Waals surface area (Å²) in [7, 11) is 0. The number of rotatable bonds is 7. The standard InChI is InChI=1S/C26H26N2O3S/c1-16-9-10-20(13-17(16)2)28-18(3)14-21(19(28)4)23(29)15-31-26(30)12-11-25-27-22-7-5-6-8-24(22)32-25/h5-10,13-14H,11-12,15H2,1-4H3. The van der Waals surface area contributed by atoms with E-state index in [1.54, 1.807) is 11.3 Å². The van der Waals surface area contributed by atoms with E-state index in [-0.39, 0.29) is 24.8 Å². The van der Waals surface area contributed by atoms with Crippen molar-refractivity contribution in [2.24, 2.45) is 0 Å². The Labute approximate surface area is 191 Å². The third-order valence-corrected chi connectivity index (χ3v) is 6.82. The highest BCUT2D eigenvalue weighted by atomic mass is 32.1. The molecule has 164 valence electrons. The van der Waals surface area contributed by atoms with Crippen LogP contribution < -0.4 is 0 Å². The summed E-state index contributed by atoms with van der Waals surface area (Å²) in [5.41, 5.74) is 6.79. The van der Waals surface area contributed by atoms with Gasteiger partial charge in [-0.15, -0.1) is 11.3 Å². The summed E-state index contributed by atoms with van der Waals surface area (Å²) in [6, 6.07) is 16.0. The number of carbonyl (C=O) groups excluding carboxylic acids is 2. The quantitative estimate of drug-likeness (QED) is 0.271. The Kier molecular flexibility index (Phi) is 6.24. The molecule has 2 aromatic heterocycles. The Balaban J connectivity index is 1.38. The zero-order valence-corrected chi connectivity index (χ0v) is 19.6. The highest BCUT2D eigenvalue weighted by Crippen LogP contribution is 2.24. The van der Waals surface area contributed by atoms with Crippen molar-refractivity contribution in [3.63, 3.8) is 0 Å². The summed E-state index contributed by atoms with van der Waals surface area (Å²) in [4.78, 5) is 29.5. The molecule has 0 aliphatic rings. The first-order valence-electron chi connectivity index (χ1n) is 10.6. The Morgan fingerprint density at radius 1 is 1.00 bits per heavy atom. The summed E-state index contributed by atoms with van der Waals surface area (Å²) in [6.07, 6.45) is 0.711. The molecule has 0 bridgehead atoms. The van der Waals surface area contributed by atoms with E-state index in [1.807, 2.05) is 44.2 Å². The van der Waals surface area contributed by atoms with Crippen molar-refractivity contribution < 1.29 is 14.3 Å². The highest BCUT2D eigenvalue weighted by Gasteiger charge is 2.18. The van der Waals surface area contributed by atoms with Crippen LogP contribution in [0.4, 0.5) is 0 Å². The van der Waals surface area contributed by atoms with Crippen LogP contribution in [-0.2, 0) is 16.0 Å². The van der Waals surface area contributed by atoms with Gasteiger partial charge in [0.2, 0.25) is 5.78 Å². The molecule has 6 heteroatoms. The van der Waals surface area contributed by atoms with E-state index < -0.39 is 0 Å². The van der Waals surface area contributed by atoms with Gasteiger partial charge < -0.3 is 9.30 Å². The van der Waals surface area contributed by atoms with Crippen LogP contribution in [0.3, 0.4) is 0 Å². The number of thiazole rings is 1. The molecule has 2 aromatic carbocycles. The van der Waals surface area contributed by atoms with Crippen LogP contribution in [0.5, 0.6) is 0 Å². The average Bonchev–Trinajstić information content (AvgIpc) is 3.32. The number of ketones is 1. The highest BCUT2D eigenvalue weighted by molar-refractivity contribution is 7.18. The topological polar surface area (TPSA) is 61.2 Å². The molecule has 0 amide bonds. The third kappa shape index (κ3) is 4.50. The third-order valence-electron chi connectivity index (χ3n) is 5.73. The Hall–Kier alpha value is -3.25. The molecule has 0 unspecified atom stereocenters. The Morgan fingerprint density at radius 2 is 1.78 bits per heavy atom. The minimum absolute atomic E-state index is 0.193. The summed E-state index contributed by atoms with van der Waals surface area (Å²) >= 11 is 1.58. The molecular weight excluding hydrogens is 420 g/mol. The fourth-order valence-electron chi connectivity index (χ4n) is 3.84. The lowest BCUT2D eigenvalue weighted by Crippen LogP contribution is -2.15. The maximum Gasteiger partial charge on any atom is 0.306 e. The van der Waals surface area contributed by atoms with Crippen molar-refractivity contribution >= 4 is 33.3 Å². The SMILES string of the molecule is Cc1ccc(-n2c(C)cc(C(=O)COC(=O)CCc3nc4ccccc4s3)c2C)cc1C. The van der Waals surface area contributed by atoms with Crippen molar-refractivity contribution in [1.29, 1.82) is 0 Å². The molecule has 0 radical (unpaired) electrons. The number of nitrogens with zero attached hydrogens (tertiary/aromatic N) is 2. The van der Waals surface area contributed by atoms with E-state index in [1.165, 1.54) is 11.1 Å². The summed E-state index contributed by atoms with van der Waals surface area (Å²) in [5, 5.41) is 0.895. The molecule has 0 aliphatic carbocycles. The largest absolute Gasteiger partial charge is 0.457 e. The summed E-state index contributed by atoms with van der Waals surface area (Å²) in [5.74, 6) is -0.581. The summed E-state index contributed by atoms with van der Waals surface area (Å²) < 4.78 is 8.44. The van der Waals surface area contributed by atoms with Crippen LogP contribution in [-0.4, -0.2) is 27.9 Å². The lowest BCUT2D eigenvalue weighted by molar-refractivity contribution is -0.142. The number of fused-ring (bicyclic) bond motifs is 1. The van der Waals surface area contributed by atoms with Crippen molar-refractivity contribution in [3.8, 4) is 5.69 Å². The van der Waals surface area contributed by atoms with Gasteiger partial charge in [0.15, 0.2) is 6.61 Å². The molecule has 0 N–H and O–H groups in total. The zero-order valence-electron chi connectivity index (χ0n) is 18.8. The van der Waals surface area contributed by atoms with Crippen LogP contribution in [0.2, 0.25) is 0 Å². The van der Waals surface area contributed by atoms with Gasteiger partial charge >= 0.3 is 5.97 Å². The first kappa shape index (κ1) is 22.0. The van der Waals surface area contributed by atoms with E-state index >= 15 is 0 Å². The normalized spacial score (nSPS) is 11.1. The van der Waals surface area contributed by atoms with Crippen molar-refractivity contribution in [3.05, 3.63) is 81.6 Å². The number of para-hydroxylation sites is 1. The lowest BCUT2D eigenvalue weighted by atomic mass is 10.1. The number of aromatic nitrogens is 2. The lowest BCUT2D eigenvalue weighted by Gasteiger charge is -2.12. The van der Waals surface area contributed by atoms with Gasteiger partial charge in [-0.1, -0.05) is 18.2 Å². The second-order valence-corrected chi connectivity index (χ2v) is 9.16. The number of hydrogen-bond acceptors (Lipinski definition) is 5. The van der Waals surface area contributed by atoms with Crippen LogP contribution in [0, 0.1) is 27.7 Å². The Bertz CT molecular complexity index is 1280. The van der Waals surface area contributed by atoms with E-state index in [2.05, 4.69) is 41.6 Å². The maximum atomic E-state index is 12.8. The average molecular weight is 447 g/mol. The zero-order chi connectivity index (χ0) is 22.8. The second kappa shape index (κ2) is 9.09. The van der Waals surface area contributed by atoms with Crippen molar-refractivity contribution in [2.75, 3.05) is 6.61 Å². The van der Waals surface area contributed by atoms with Crippen LogP contribution >= 0.6 is 11.3 Å². The molecule has 0 fully saturated rings. The second-order valence-electron chi connectivity index (χ2n) is 8.05. The maximum absolute atomic E-state index is 12.8. The molecule has 4 aromatic rings. The van der Waals surface area contributed by atoms with Crippen LogP contribution in [0.1, 0.15) is 44.3 Å². The predicted octanol–water partition coefficient (Wildman–Crippen LogP) is 5.68. The van der Waals surface area contributed by atoms with Gasteiger partial charge in [0.1, 0.15) is 0 Å². The van der Waals surface area contributed by atoms with Gasteiger partial charge in [-0.3, -0.25) is 9.59 Å². The van der Waals surface area contributed by atoms with Gasteiger partial charge in [0.25, 0.3) is 0 Å². The van der Waals surface area contributed by atoms with Gasteiger partial charge in [0.05, 0.1) is 21.6 Å². The van der Waals surface area contributed by atoms with Gasteiger partial charge in [0, 0.05) is 29.1 Å². The number of hydrogen-bond donors (Lipinski definition) is 0. The molecule has 0 saturated carbocycles. The molecule has 4 rings (SSSR count). The minimum Gasteiger partial charge on any atom is -0.457 e. The minimum atomic E-state index is -0.388. The van der Waals surface area contributed by atoms with Gasteiger partial charge in [-0.05, 0) is 69.2 Å². The molecule has 0 saturated heterocycles. The Morgan fingerprint density at radius 3 is 2.53 bits per heavy atom. The number of ether oxygens (including phenoxy) is 1. The number of aryl methyl sites for hydroxylation is 4. The van der Waals surface area contributed by atoms with E-state index in [0.717, 1.165) is 32.3 Å². The number of esters is 1. The molecule has 2 heterocycles. The fourth-order valence-corrected chi connectivity index (χ4v) is 4.81. The van der Waals surface area contributed by atoms with E-state index in [4.69, 9.17) is 4.74 Å². The van der Waals surface area contributed by atoms with Gasteiger partial charge in [-0.25, -0.2) is 4.98 Å². The molecule has 0 spiro atoms. The van der Waals surface area contributed by atoms with Crippen LogP contribution in [0.25, 0.3) is 15.9 Å². The van der Waals surface area contributed by atoms with E-state index in [9.17, 15) is 9.59 Å². The number of Topliss-reactive ketones (excluding diaryl/α,β-unsaturated/α-hetero) is 1. The van der Waals surface area contributed by atoms with Crippen LogP contribution in [0.15, 0.2) is 48.5 Å². The van der Waals surface area contributed by atoms with E-state index in [0.29, 0.717) is 12.0 Å². The number of benzene rings is 2. The molecular formula is C26H26N2O3S. The summed E-state index contributed by atoms with van der Waals surface area (Å²) in [6.45, 7) is 7.80. The predicted molar refractivity (Wildman–Crippen MR) is 128 cm³/mol. The van der Waals surface area contributed by atoms with Crippen molar-refractivity contribution in [2.45, 2.75) is 40.5 Å².